The van der Waals surface area contributed by atoms with Crippen LogP contribution >= 0.6 is 0 Å². The van der Waals surface area contributed by atoms with Crippen LogP contribution in [0, 0.1) is 0 Å². The highest BCUT2D eigenvalue weighted by atomic mass is 19.4. The van der Waals surface area contributed by atoms with Gasteiger partial charge in [-0.1, -0.05) is 38.3 Å². The number of halogens is 3. The molecule has 1 atom stereocenters. The summed E-state index contributed by atoms with van der Waals surface area (Å²) in [4.78, 5) is 31.7. The Labute approximate surface area is 179 Å². The molecule has 0 radical (unpaired) electrons. The van der Waals surface area contributed by atoms with Crippen LogP contribution < -0.4 is 10.2 Å². The van der Waals surface area contributed by atoms with Gasteiger partial charge in [0.2, 0.25) is 11.8 Å². The van der Waals surface area contributed by atoms with Gasteiger partial charge >= 0.3 is 6.18 Å². The molecule has 1 fully saturated rings. The number of hydrogen-bond donors (Lipinski definition) is 1. The van der Waals surface area contributed by atoms with Gasteiger partial charge in [-0.15, -0.1) is 0 Å². The van der Waals surface area contributed by atoms with Gasteiger partial charge in [-0.3, -0.25) is 19.5 Å². The van der Waals surface area contributed by atoms with Crippen molar-refractivity contribution in [3.05, 3.63) is 59.9 Å². The smallest absolute Gasteiger partial charge is 0.351 e. The fraction of sp³-hybridized carbons (Fsp3) is 0.435. The Bertz CT molecular complexity index is 896. The summed E-state index contributed by atoms with van der Waals surface area (Å²) in [6.07, 6.45) is 1.75. The highest BCUT2D eigenvalue weighted by Crippen LogP contribution is 2.34. The molecule has 2 amide bonds. The van der Waals surface area contributed by atoms with Crippen molar-refractivity contribution in [3.8, 4) is 0 Å². The molecule has 1 aliphatic carbocycles. The predicted octanol–water partition coefficient (Wildman–Crippen LogP) is 5.03. The minimum atomic E-state index is -4.57. The van der Waals surface area contributed by atoms with Crippen LogP contribution in [0.2, 0.25) is 0 Å². The van der Waals surface area contributed by atoms with Crippen LogP contribution in [0.1, 0.15) is 62.7 Å². The van der Waals surface area contributed by atoms with E-state index < -0.39 is 29.6 Å². The van der Waals surface area contributed by atoms with Gasteiger partial charge < -0.3 is 5.32 Å². The number of benzene rings is 1. The summed E-state index contributed by atoms with van der Waals surface area (Å²) in [7, 11) is 0. The zero-order valence-corrected chi connectivity index (χ0v) is 17.4. The Balaban J connectivity index is 2.04. The number of nitrogens with zero attached hydrogens (tertiary/aromatic N) is 2. The Kier molecular flexibility index (Phi) is 7.30. The van der Waals surface area contributed by atoms with Crippen LogP contribution in [0.15, 0.2) is 48.7 Å². The maximum absolute atomic E-state index is 13.4. The normalized spacial score (nSPS) is 15.9. The van der Waals surface area contributed by atoms with E-state index in [4.69, 9.17) is 0 Å². The largest absolute Gasteiger partial charge is 0.416 e. The molecule has 1 unspecified atom stereocenters. The number of carbonyl (C=O) groups is 2. The zero-order chi connectivity index (χ0) is 22.4. The first-order valence-corrected chi connectivity index (χ1v) is 10.5. The van der Waals surface area contributed by atoms with E-state index in [9.17, 15) is 22.8 Å². The summed E-state index contributed by atoms with van der Waals surface area (Å²) in [6, 6.07) is 8.27. The topological polar surface area (TPSA) is 62.3 Å². The predicted molar refractivity (Wildman–Crippen MR) is 111 cm³/mol. The maximum atomic E-state index is 13.4. The van der Waals surface area contributed by atoms with Crippen molar-refractivity contribution >= 4 is 17.5 Å². The molecule has 0 bridgehead atoms. The number of alkyl halides is 3. The molecule has 8 heteroatoms. The molecule has 1 N–H and O–H groups in total. The second kappa shape index (κ2) is 9.94. The summed E-state index contributed by atoms with van der Waals surface area (Å²) >= 11 is 0. The molecule has 2 aromatic rings. The first kappa shape index (κ1) is 22.8. The van der Waals surface area contributed by atoms with Crippen LogP contribution in [0.5, 0.6) is 0 Å². The Morgan fingerprint density at radius 3 is 2.48 bits per heavy atom. The van der Waals surface area contributed by atoms with Gasteiger partial charge in [-0.2, -0.15) is 13.2 Å². The Morgan fingerprint density at radius 2 is 1.87 bits per heavy atom. The number of pyridine rings is 1. The van der Waals surface area contributed by atoms with E-state index in [1.54, 1.807) is 25.1 Å². The molecular weight excluding hydrogens is 407 g/mol. The van der Waals surface area contributed by atoms with Gasteiger partial charge in [0.15, 0.2) is 6.04 Å². The second-order valence-electron chi connectivity index (χ2n) is 7.67. The van der Waals surface area contributed by atoms with E-state index in [1.165, 1.54) is 18.3 Å². The third-order valence-corrected chi connectivity index (χ3v) is 5.45. The quantitative estimate of drug-likeness (QED) is 0.695. The number of amides is 2. The summed E-state index contributed by atoms with van der Waals surface area (Å²) in [5.74, 6) is -0.904. The molecule has 0 aliphatic heterocycles. The standard InChI is InChI=1S/C23H26F3N3O2/c1-2-20(30)29(18-12-8-9-16(15-18)23(24,25)26)21(19-13-6-7-14-27-19)22(31)28-17-10-4-3-5-11-17/h6-9,12-15,17,21H,2-5,10-11H2,1H3,(H,28,31). The summed E-state index contributed by atoms with van der Waals surface area (Å²) in [6.45, 7) is 1.61. The molecule has 3 rings (SSSR count). The van der Waals surface area contributed by atoms with Gasteiger partial charge in [0, 0.05) is 24.3 Å². The number of nitrogens with one attached hydrogen (secondary N) is 1. The first-order chi connectivity index (χ1) is 14.8. The fourth-order valence-corrected chi connectivity index (χ4v) is 3.89. The first-order valence-electron chi connectivity index (χ1n) is 10.5. The highest BCUT2D eigenvalue weighted by Gasteiger charge is 2.36. The van der Waals surface area contributed by atoms with Crippen molar-refractivity contribution in [2.45, 2.75) is 63.7 Å². The number of carbonyl (C=O) groups excluding carboxylic acids is 2. The fourth-order valence-electron chi connectivity index (χ4n) is 3.89. The number of anilines is 1. The van der Waals surface area contributed by atoms with Crippen molar-refractivity contribution in [2.75, 3.05) is 4.90 Å². The molecule has 0 saturated heterocycles. The lowest BCUT2D eigenvalue weighted by atomic mass is 9.95. The molecular formula is C23H26F3N3O2. The maximum Gasteiger partial charge on any atom is 0.416 e. The van der Waals surface area contributed by atoms with E-state index in [0.717, 1.165) is 49.1 Å². The van der Waals surface area contributed by atoms with Crippen LogP contribution in [-0.4, -0.2) is 22.8 Å². The summed E-state index contributed by atoms with van der Waals surface area (Å²) in [5, 5.41) is 3.00. The Morgan fingerprint density at radius 1 is 1.13 bits per heavy atom. The minimum absolute atomic E-state index is 0.0103. The Hall–Kier alpha value is -2.90. The second-order valence-corrected chi connectivity index (χ2v) is 7.67. The highest BCUT2D eigenvalue weighted by molar-refractivity contribution is 6.01. The monoisotopic (exact) mass is 433 g/mol. The number of rotatable bonds is 6. The molecule has 166 valence electrons. The van der Waals surface area contributed by atoms with E-state index in [-0.39, 0.29) is 18.2 Å². The average Bonchev–Trinajstić information content (AvgIpc) is 2.77. The molecule has 31 heavy (non-hydrogen) atoms. The number of hydrogen-bond acceptors (Lipinski definition) is 3. The van der Waals surface area contributed by atoms with E-state index in [0.29, 0.717) is 5.69 Å². The summed E-state index contributed by atoms with van der Waals surface area (Å²) in [5.41, 5.74) is -0.572. The lowest BCUT2D eigenvalue weighted by Crippen LogP contribution is -2.47. The van der Waals surface area contributed by atoms with Gasteiger partial charge in [-0.05, 0) is 43.2 Å². The minimum Gasteiger partial charge on any atom is -0.351 e. The third kappa shape index (κ3) is 5.62. The molecule has 1 saturated carbocycles. The van der Waals surface area contributed by atoms with Gasteiger partial charge in [0.25, 0.3) is 0 Å². The molecule has 1 aromatic carbocycles. The van der Waals surface area contributed by atoms with Crippen molar-refractivity contribution in [1.29, 1.82) is 0 Å². The van der Waals surface area contributed by atoms with Crippen molar-refractivity contribution in [1.82, 2.24) is 10.3 Å². The van der Waals surface area contributed by atoms with Crippen molar-refractivity contribution < 1.29 is 22.8 Å². The summed E-state index contributed by atoms with van der Waals surface area (Å²) < 4.78 is 39.9. The molecule has 1 aromatic heterocycles. The molecule has 5 nitrogen and oxygen atoms in total. The van der Waals surface area contributed by atoms with E-state index in [2.05, 4.69) is 10.3 Å². The van der Waals surface area contributed by atoms with Crippen molar-refractivity contribution in [2.24, 2.45) is 0 Å². The SMILES string of the molecule is CCC(=O)N(c1cccc(C(F)(F)F)c1)C(C(=O)NC1CCCCC1)c1ccccn1. The lowest BCUT2D eigenvalue weighted by molar-refractivity contribution is -0.137. The van der Waals surface area contributed by atoms with Gasteiger partial charge in [-0.25, -0.2) is 0 Å². The van der Waals surface area contributed by atoms with Crippen molar-refractivity contribution in [3.63, 3.8) is 0 Å². The van der Waals surface area contributed by atoms with Crippen LogP contribution in [0.25, 0.3) is 0 Å². The average molecular weight is 433 g/mol. The van der Waals surface area contributed by atoms with Gasteiger partial charge in [0.05, 0.1) is 11.3 Å². The molecule has 1 heterocycles. The van der Waals surface area contributed by atoms with Crippen LogP contribution in [0.3, 0.4) is 0 Å². The zero-order valence-electron chi connectivity index (χ0n) is 17.4. The molecule has 1 aliphatic rings. The van der Waals surface area contributed by atoms with Crippen LogP contribution in [0.4, 0.5) is 18.9 Å². The lowest BCUT2D eigenvalue weighted by Gasteiger charge is -2.33. The number of aromatic nitrogens is 1. The third-order valence-electron chi connectivity index (χ3n) is 5.45. The molecule has 0 spiro atoms. The van der Waals surface area contributed by atoms with Gasteiger partial charge in [0.1, 0.15) is 0 Å². The van der Waals surface area contributed by atoms with E-state index in [1.807, 2.05) is 0 Å². The van der Waals surface area contributed by atoms with Crippen LogP contribution in [-0.2, 0) is 15.8 Å². The van der Waals surface area contributed by atoms with E-state index >= 15 is 0 Å².